The van der Waals surface area contributed by atoms with E-state index in [-0.39, 0.29) is 18.2 Å². The smallest absolute Gasteiger partial charge is 0.188 e. The fraction of sp³-hybridized carbons (Fsp3) is 0.850. The van der Waals surface area contributed by atoms with Gasteiger partial charge < -0.3 is 9.47 Å². The molecule has 0 amide bonds. The summed E-state index contributed by atoms with van der Waals surface area (Å²) in [5.41, 5.74) is 0.907. The van der Waals surface area contributed by atoms with Crippen molar-refractivity contribution in [1.82, 2.24) is 4.90 Å². The van der Waals surface area contributed by atoms with Crippen LogP contribution >= 0.6 is 0 Å². The van der Waals surface area contributed by atoms with Crippen LogP contribution in [0.1, 0.15) is 71.6 Å². The van der Waals surface area contributed by atoms with E-state index in [4.69, 9.17) is 9.47 Å². The fourth-order valence-corrected chi connectivity index (χ4v) is 3.48. The normalized spacial score (nSPS) is 25.8. The van der Waals surface area contributed by atoms with E-state index < -0.39 is 0 Å². The molecule has 1 fully saturated rings. The van der Waals surface area contributed by atoms with Gasteiger partial charge in [0.25, 0.3) is 0 Å². The topological polar surface area (TPSA) is 38.8 Å². The highest BCUT2D eigenvalue weighted by Gasteiger charge is 2.31. The van der Waals surface area contributed by atoms with Crippen LogP contribution in [0.2, 0.25) is 0 Å². The lowest BCUT2D eigenvalue weighted by Gasteiger charge is -2.32. The first-order chi connectivity index (χ1) is 11.7. The first-order valence-corrected chi connectivity index (χ1v) is 9.99. The molecule has 0 bridgehead atoms. The minimum atomic E-state index is -0.349. The monoisotopic (exact) mass is 337 g/mol. The maximum atomic E-state index is 12.8. The second-order valence-electron chi connectivity index (χ2n) is 7.11. The number of rotatable bonds is 10. The molecule has 0 saturated carbocycles. The van der Waals surface area contributed by atoms with Crippen LogP contribution in [-0.2, 0) is 14.3 Å². The predicted octanol–water partition coefficient (Wildman–Crippen LogP) is 4.09. The van der Waals surface area contributed by atoms with Gasteiger partial charge in [-0.2, -0.15) is 0 Å². The Morgan fingerprint density at radius 3 is 2.62 bits per heavy atom. The second-order valence-corrected chi connectivity index (χ2v) is 7.11. The van der Waals surface area contributed by atoms with Crippen molar-refractivity contribution in [2.24, 2.45) is 0 Å². The molecule has 2 aliphatic heterocycles. The van der Waals surface area contributed by atoms with Gasteiger partial charge in [0.2, 0.25) is 0 Å². The summed E-state index contributed by atoms with van der Waals surface area (Å²) in [6, 6.07) is 0. The molecule has 0 aromatic carbocycles. The van der Waals surface area contributed by atoms with E-state index in [0.717, 1.165) is 44.5 Å². The molecule has 0 radical (unpaired) electrons. The van der Waals surface area contributed by atoms with Gasteiger partial charge in [0.05, 0.1) is 0 Å². The molecule has 0 aromatic rings. The van der Waals surface area contributed by atoms with E-state index in [1.165, 1.54) is 38.5 Å². The summed E-state index contributed by atoms with van der Waals surface area (Å²) >= 11 is 0. The van der Waals surface area contributed by atoms with E-state index in [1.54, 1.807) is 0 Å². The Labute approximate surface area is 147 Å². The Hall–Kier alpha value is -0.710. The zero-order valence-electron chi connectivity index (χ0n) is 15.6. The summed E-state index contributed by atoms with van der Waals surface area (Å²) in [6.45, 7) is 7.94. The predicted molar refractivity (Wildman–Crippen MR) is 97.0 cm³/mol. The van der Waals surface area contributed by atoms with Crippen molar-refractivity contribution in [2.45, 2.75) is 84.0 Å². The van der Waals surface area contributed by atoms with E-state index in [0.29, 0.717) is 6.61 Å². The van der Waals surface area contributed by atoms with Crippen LogP contribution < -0.4 is 0 Å². The largest absolute Gasteiger partial charge is 0.349 e. The standard InChI is InChI=1S/C20H35NO3/c1-3-5-6-8-11-18-20(22)17(15-19(24-18)23-14-4-2)16-21-12-9-7-10-13-21/h15,18-19H,3-14,16H2,1-2H3. The number of hydrogen-bond acceptors (Lipinski definition) is 4. The molecule has 4 heteroatoms. The van der Waals surface area contributed by atoms with Crippen molar-refractivity contribution < 1.29 is 14.3 Å². The number of carbonyl (C=O) groups is 1. The van der Waals surface area contributed by atoms with Crippen molar-refractivity contribution in [1.29, 1.82) is 0 Å². The lowest BCUT2D eigenvalue weighted by Crippen LogP contribution is -2.41. The fourth-order valence-electron chi connectivity index (χ4n) is 3.48. The zero-order valence-corrected chi connectivity index (χ0v) is 15.6. The van der Waals surface area contributed by atoms with E-state index in [1.807, 2.05) is 6.08 Å². The van der Waals surface area contributed by atoms with Gasteiger partial charge in [-0.25, -0.2) is 0 Å². The molecule has 2 aliphatic rings. The molecule has 0 N–H and O–H groups in total. The van der Waals surface area contributed by atoms with Gasteiger partial charge in [-0.1, -0.05) is 46.0 Å². The van der Waals surface area contributed by atoms with Crippen molar-refractivity contribution in [3.63, 3.8) is 0 Å². The average molecular weight is 338 g/mol. The minimum absolute atomic E-state index is 0.188. The molecule has 2 unspecified atom stereocenters. The Balaban J connectivity index is 1.95. The average Bonchev–Trinajstić information content (AvgIpc) is 2.61. The van der Waals surface area contributed by atoms with Crippen LogP contribution in [0.25, 0.3) is 0 Å². The number of unbranched alkanes of at least 4 members (excludes halogenated alkanes) is 3. The van der Waals surface area contributed by atoms with Gasteiger partial charge in [0.1, 0.15) is 6.10 Å². The molecule has 1 saturated heterocycles. The Morgan fingerprint density at radius 1 is 1.12 bits per heavy atom. The van der Waals surface area contributed by atoms with Crippen molar-refractivity contribution in [2.75, 3.05) is 26.2 Å². The number of ether oxygens (including phenoxy) is 2. The van der Waals surface area contributed by atoms with E-state index in [2.05, 4.69) is 18.7 Å². The molecule has 138 valence electrons. The molecular formula is C20H35NO3. The number of likely N-dealkylation sites (tertiary alicyclic amines) is 1. The van der Waals surface area contributed by atoms with Gasteiger partial charge in [0.15, 0.2) is 12.1 Å². The SMILES string of the molecule is CCCCCCC1OC(OCCC)C=C(CN2CCCCC2)C1=O. The number of carbonyl (C=O) groups excluding carboxylic acids is 1. The maximum absolute atomic E-state index is 12.8. The lowest BCUT2D eigenvalue weighted by atomic mass is 9.97. The summed E-state index contributed by atoms with van der Waals surface area (Å²) in [4.78, 5) is 15.2. The number of piperidine rings is 1. The van der Waals surface area contributed by atoms with Crippen molar-refractivity contribution in [3.8, 4) is 0 Å². The molecule has 24 heavy (non-hydrogen) atoms. The molecule has 0 spiro atoms. The second kappa shape index (κ2) is 11.0. The molecule has 4 nitrogen and oxygen atoms in total. The Morgan fingerprint density at radius 2 is 1.92 bits per heavy atom. The summed E-state index contributed by atoms with van der Waals surface area (Å²) in [6.07, 6.45) is 11.5. The minimum Gasteiger partial charge on any atom is -0.349 e. The first-order valence-electron chi connectivity index (χ1n) is 9.99. The Kier molecular flexibility index (Phi) is 9.00. The van der Waals surface area contributed by atoms with Gasteiger partial charge in [0, 0.05) is 18.7 Å². The zero-order chi connectivity index (χ0) is 17.2. The number of ketones is 1. The first kappa shape index (κ1) is 19.6. The van der Waals surface area contributed by atoms with Gasteiger partial charge >= 0.3 is 0 Å². The van der Waals surface area contributed by atoms with Crippen LogP contribution in [0.4, 0.5) is 0 Å². The quantitative estimate of drug-likeness (QED) is 0.563. The third kappa shape index (κ3) is 6.30. The third-order valence-electron chi connectivity index (χ3n) is 4.89. The molecule has 0 aliphatic carbocycles. The van der Waals surface area contributed by atoms with Crippen LogP contribution in [0.5, 0.6) is 0 Å². The molecule has 2 atom stereocenters. The number of Topliss-reactive ketones (excluding diaryl/α,β-unsaturated/α-hetero) is 1. The number of hydrogen-bond donors (Lipinski definition) is 0. The van der Waals surface area contributed by atoms with Crippen molar-refractivity contribution in [3.05, 3.63) is 11.6 Å². The highest BCUT2D eigenvalue weighted by molar-refractivity contribution is 5.99. The van der Waals surface area contributed by atoms with Crippen LogP contribution in [0.15, 0.2) is 11.6 Å². The Bertz CT molecular complexity index is 402. The summed E-state index contributed by atoms with van der Waals surface area (Å²) in [5, 5.41) is 0. The third-order valence-corrected chi connectivity index (χ3v) is 4.89. The van der Waals surface area contributed by atoms with Crippen LogP contribution in [0, 0.1) is 0 Å². The van der Waals surface area contributed by atoms with E-state index in [9.17, 15) is 4.79 Å². The summed E-state index contributed by atoms with van der Waals surface area (Å²) in [5.74, 6) is 0.188. The molecule has 2 rings (SSSR count). The maximum Gasteiger partial charge on any atom is 0.188 e. The summed E-state index contributed by atoms with van der Waals surface area (Å²) < 4.78 is 11.7. The lowest BCUT2D eigenvalue weighted by molar-refractivity contribution is -0.165. The summed E-state index contributed by atoms with van der Waals surface area (Å²) in [7, 11) is 0. The van der Waals surface area contributed by atoms with Gasteiger partial charge in [-0.15, -0.1) is 0 Å². The number of nitrogens with zero attached hydrogens (tertiary/aromatic N) is 1. The van der Waals surface area contributed by atoms with Gasteiger partial charge in [-0.05, 0) is 44.8 Å². The van der Waals surface area contributed by atoms with Crippen molar-refractivity contribution >= 4 is 5.78 Å². The highest BCUT2D eigenvalue weighted by atomic mass is 16.7. The van der Waals surface area contributed by atoms with Crippen LogP contribution in [-0.4, -0.2) is 49.3 Å². The van der Waals surface area contributed by atoms with E-state index >= 15 is 0 Å². The van der Waals surface area contributed by atoms with Crippen LogP contribution in [0.3, 0.4) is 0 Å². The molecule has 0 aromatic heterocycles. The van der Waals surface area contributed by atoms with Gasteiger partial charge in [-0.3, -0.25) is 9.69 Å². The highest BCUT2D eigenvalue weighted by Crippen LogP contribution is 2.23. The molecule has 2 heterocycles. The molecular weight excluding hydrogens is 302 g/mol.